The number of hydrogen-bond acceptors (Lipinski definition) is 6. The van der Waals surface area contributed by atoms with Gasteiger partial charge in [-0.15, -0.1) is 11.3 Å². The molecule has 0 aliphatic carbocycles. The second-order valence-electron chi connectivity index (χ2n) is 6.56. The van der Waals surface area contributed by atoms with Gasteiger partial charge in [-0.05, 0) is 12.8 Å². The highest BCUT2D eigenvalue weighted by Crippen LogP contribution is 2.24. The molecule has 0 unspecified atom stereocenters. The molecule has 0 spiro atoms. The first-order chi connectivity index (χ1) is 11.6. The quantitative estimate of drug-likeness (QED) is 0.764. The normalized spacial score (nSPS) is 14.9. The van der Waals surface area contributed by atoms with Gasteiger partial charge in [0.05, 0.1) is 18.2 Å². The van der Waals surface area contributed by atoms with Crippen LogP contribution in [-0.4, -0.2) is 56.7 Å². The zero-order valence-corrected chi connectivity index (χ0v) is 15.2. The van der Waals surface area contributed by atoms with E-state index >= 15 is 0 Å². The molecule has 8 heteroatoms. The third-order valence-corrected chi connectivity index (χ3v) is 5.09. The largest absolute Gasteiger partial charge is 0.348 e. The maximum absolute atomic E-state index is 12.4. The zero-order valence-electron chi connectivity index (χ0n) is 14.4. The highest BCUT2D eigenvalue weighted by atomic mass is 32.1. The second kappa shape index (κ2) is 7.29. The number of carbonyl (C=O) groups excluding carboxylic acids is 1. The first-order valence-electron chi connectivity index (χ1n) is 8.38. The molecule has 24 heavy (non-hydrogen) atoms. The summed E-state index contributed by atoms with van der Waals surface area (Å²) in [5.74, 6) is 0.726. The number of thiazole rings is 1. The lowest BCUT2D eigenvalue weighted by atomic mass is 10.1. The molecule has 7 nitrogen and oxygen atoms in total. The number of nitrogens with zero attached hydrogens (tertiary/aromatic N) is 6. The molecule has 3 heterocycles. The maximum atomic E-state index is 12.4. The Bertz CT molecular complexity index is 662. The van der Waals surface area contributed by atoms with Gasteiger partial charge in [0.15, 0.2) is 5.13 Å². The predicted octanol–water partition coefficient (Wildman–Crippen LogP) is 1.84. The van der Waals surface area contributed by atoms with E-state index in [1.165, 1.54) is 6.33 Å². The molecular weight excluding hydrogens is 324 g/mol. The lowest BCUT2D eigenvalue weighted by molar-refractivity contribution is -0.136. The average Bonchev–Trinajstić information content (AvgIpc) is 3.15. The van der Waals surface area contributed by atoms with Gasteiger partial charge in [0.1, 0.15) is 12.7 Å². The van der Waals surface area contributed by atoms with Crippen LogP contribution in [0.1, 0.15) is 32.5 Å². The number of amides is 1. The number of rotatable bonds is 7. The molecule has 0 saturated carbocycles. The smallest absolute Gasteiger partial charge is 0.228 e. The number of likely N-dealkylation sites (tertiary alicyclic amines) is 1. The van der Waals surface area contributed by atoms with Gasteiger partial charge in [0, 0.05) is 31.6 Å². The number of aromatic nitrogens is 4. The summed E-state index contributed by atoms with van der Waals surface area (Å²) in [6, 6.07) is 0.254. The van der Waals surface area contributed by atoms with E-state index in [1.807, 2.05) is 15.0 Å². The van der Waals surface area contributed by atoms with Crippen LogP contribution in [0.15, 0.2) is 18.0 Å². The highest BCUT2D eigenvalue weighted by molar-refractivity contribution is 7.13. The van der Waals surface area contributed by atoms with Crippen molar-refractivity contribution in [2.45, 2.75) is 33.2 Å². The van der Waals surface area contributed by atoms with Gasteiger partial charge in [-0.25, -0.2) is 14.6 Å². The Balaban J connectivity index is 1.52. The maximum Gasteiger partial charge on any atom is 0.228 e. The van der Waals surface area contributed by atoms with E-state index in [1.54, 1.807) is 17.7 Å². The molecule has 2 aromatic rings. The summed E-state index contributed by atoms with van der Waals surface area (Å²) in [5, 5.41) is 7.14. The minimum atomic E-state index is 0.134. The van der Waals surface area contributed by atoms with Crippen molar-refractivity contribution >= 4 is 22.4 Å². The van der Waals surface area contributed by atoms with Crippen molar-refractivity contribution in [1.82, 2.24) is 24.6 Å². The molecule has 0 atom stereocenters. The Morgan fingerprint density at radius 1 is 1.46 bits per heavy atom. The van der Waals surface area contributed by atoms with Gasteiger partial charge in [-0.2, -0.15) is 5.10 Å². The third kappa shape index (κ3) is 3.75. The lowest BCUT2D eigenvalue weighted by Crippen LogP contribution is -2.51. The van der Waals surface area contributed by atoms with Crippen LogP contribution in [0.3, 0.4) is 0 Å². The molecular formula is C16H24N6OS. The molecule has 0 radical (unpaired) electrons. The summed E-state index contributed by atoms with van der Waals surface area (Å²) in [5.41, 5.74) is 0.867. The Labute approximate surface area is 146 Å². The molecule has 0 aromatic carbocycles. The van der Waals surface area contributed by atoms with Crippen LogP contribution in [0.25, 0.3) is 0 Å². The van der Waals surface area contributed by atoms with Crippen LogP contribution in [0.2, 0.25) is 0 Å². The number of anilines is 1. The van der Waals surface area contributed by atoms with E-state index in [4.69, 9.17) is 0 Å². The SMILES string of the molecule is CCN(CC(C)C)c1nc(CC(=O)N2CC(n3cncn3)C2)cs1. The third-order valence-electron chi connectivity index (χ3n) is 4.14. The van der Waals surface area contributed by atoms with Crippen LogP contribution in [0, 0.1) is 5.92 Å². The summed E-state index contributed by atoms with van der Waals surface area (Å²) in [7, 11) is 0. The fraction of sp³-hybridized carbons (Fsp3) is 0.625. The average molecular weight is 348 g/mol. The van der Waals surface area contributed by atoms with Gasteiger partial charge >= 0.3 is 0 Å². The van der Waals surface area contributed by atoms with Crippen molar-refractivity contribution in [3.8, 4) is 0 Å². The summed E-state index contributed by atoms with van der Waals surface area (Å²) < 4.78 is 1.82. The zero-order chi connectivity index (χ0) is 17.1. The molecule has 1 saturated heterocycles. The van der Waals surface area contributed by atoms with Crippen molar-refractivity contribution < 1.29 is 4.79 Å². The monoisotopic (exact) mass is 348 g/mol. The van der Waals surface area contributed by atoms with E-state index in [0.29, 0.717) is 25.4 Å². The van der Waals surface area contributed by atoms with Gasteiger partial charge in [-0.1, -0.05) is 13.8 Å². The Morgan fingerprint density at radius 3 is 2.88 bits per heavy atom. The van der Waals surface area contributed by atoms with Gasteiger partial charge in [-0.3, -0.25) is 4.79 Å². The Morgan fingerprint density at radius 2 is 2.25 bits per heavy atom. The number of carbonyl (C=O) groups is 1. The molecule has 0 bridgehead atoms. The molecule has 1 aliphatic rings. The first kappa shape index (κ1) is 16.9. The van der Waals surface area contributed by atoms with Crippen molar-refractivity contribution in [3.63, 3.8) is 0 Å². The van der Waals surface area contributed by atoms with Crippen LogP contribution < -0.4 is 4.90 Å². The molecule has 3 rings (SSSR count). The molecule has 0 N–H and O–H groups in total. The van der Waals surface area contributed by atoms with Crippen molar-refractivity contribution in [1.29, 1.82) is 0 Å². The standard InChI is InChI=1S/C16H24N6OS/c1-4-20(6-12(2)3)16-19-13(9-24-16)5-15(23)21-7-14(8-21)22-11-17-10-18-22/h9-12,14H,4-8H2,1-3H3. The Kier molecular flexibility index (Phi) is 5.13. The summed E-state index contributed by atoms with van der Waals surface area (Å²) >= 11 is 1.62. The molecule has 1 aliphatic heterocycles. The van der Waals surface area contributed by atoms with Crippen LogP contribution in [-0.2, 0) is 11.2 Å². The van der Waals surface area contributed by atoms with Crippen molar-refractivity contribution in [2.75, 3.05) is 31.1 Å². The van der Waals surface area contributed by atoms with Gasteiger partial charge < -0.3 is 9.80 Å². The first-order valence-corrected chi connectivity index (χ1v) is 9.26. The fourth-order valence-electron chi connectivity index (χ4n) is 2.80. The minimum Gasteiger partial charge on any atom is -0.348 e. The fourth-order valence-corrected chi connectivity index (χ4v) is 3.71. The molecule has 2 aromatic heterocycles. The van der Waals surface area contributed by atoms with E-state index in [2.05, 4.69) is 40.7 Å². The molecule has 130 valence electrons. The minimum absolute atomic E-state index is 0.134. The topological polar surface area (TPSA) is 67.2 Å². The van der Waals surface area contributed by atoms with Crippen molar-refractivity contribution in [3.05, 3.63) is 23.7 Å². The highest BCUT2D eigenvalue weighted by Gasteiger charge is 2.32. The van der Waals surface area contributed by atoms with Crippen molar-refractivity contribution in [2.24, 2.45) is 5.92 Å². The van der Waals surface area contributed by atoms with Crippen LogP contribution in [0.4, 0.5) is 5.13 Å². The molecule has 1 amide bonds. The lowest BCUT2D eigenvalue weighted by Gasteiger charge is -2.38. The van der Waals surface area contributed by atoms with E-state index < -0.39 is 0 Å². The molecule has 1 fully saturated rings. The van der Waals surface area contributed by atoms with Crippen LogP contribution in [0.5, 0.6) is 0 Å². The summed E-state index contributed by atoms with van der Waals surface area (Å²) in [6.07, 6.45) is 3.60. The van der Waals surface area contributed by atoms with E-state index in [-0.39, 0.29) is 11.9 Å². The van der Waals surface area contributed by atoms with E-state index in [0.717, 1.165) is 23.9 Å². The summed E-state index contributed by atoms with van der Waals surface area (Å²) in [4.78, 5) is 25.1. The van der Waals surface area contributed by atoms with E-state index in [9.17, 15) is 4.79 Å². The predicted molar refractivity (Wildman–Crippen MR) is 94.2 cm³/mol. The second-order valence-corrected chi connectivity index (χ2v) is 7.40. The summed E-state index contributed by atoms with van der Waals surface area (Å²) in [6.45, 7) is 9.88. The van der Waals surface area contributed by atoms with Crippen LogP contribution >= 0.6 is 11.3 Å². The van der Waals surface area contributed by atoms with Gasteiger partial charge in [0.2, 0.25) is 5.91 Å². The Hall–Kier alpha value is -1.96. The number of hydrogen-bond donors (Lipinski definition) is 0. The van der Waals surface area contributed by atoms with Gasteiger partial charge in [0.25, 0.3) is 0 Å².